The topological polar surface area (TPSA) is 111 Å². The van der Waals surface area contributed by atoms with E-state index < -0.39 is 18.5 Å². The maximum absolute atomic E-state index is 11.8. The number of nitrogens with two attached hydrogens (primary N) is 1. The van der Waals surface area contributed by atoms with E-state index in [4.69, 9.17) is 10.5 Å². The molecule has 20 heavy (non-hydrogen) atoms. The van der Waals surface area contributed by atoms with Crippen LogP contribution in [0.5, 0.6) is 0 Å². The molecule has 1 rings (SSSR count). The van der Waals surface area contributed by atoms with E-state index in [1.807, 2.05) is 22.6 Å². The highest BCUT2D eigenvalue weighted by atomic mass is 127. The first-order chi connectivity index (χ1) is 9.43. The number of nitrogen functional groups attached to an aromatic ring is 1. The molecule has 2 amide bonds. The van der Waals surface area contributed by atoms with Gasteiger partial charge in [0.25, 0.3) is 5.91 Å². The quantitative estimate of drug-likeness (QED) is 0.369. The Morgan fingerprint density at radius 3 is 2.65 bits per heavy atom. The molecule has 0 aliphatic rings. The number of likely N-dealkylation sites (N-methyl/N-ethyl adjacent to an activating group) is 1. The van der Waals surface area contributed by atoms with Crippen LogP contribution in [-0.4, -0.2) is 38.0 Å². The Labute approximate surface area is 129 Å². The van der Waals surface area contributed by atoms with Crippen LogP contribution in [0.3, 0.4) is 0 Å². The van der Waals surface area contributed by atoms with Gasteiger partial charge in [0.1, 0.15) is 0 Å². The van der Waals surface area contributed by atoms with Crippen molar-refractivity contribution in [3.05, 3.63) is 27.3 Å². The largest absolute Gasteiger partial charge is 0.452 e. The van der Waals surface area contributed by atoms with Crippen LogP contribution in [0.4, 0.5) is 5.69 Å². The summed E-state index contributed by atoms with van der Waals surface area (Å²) in [6.07, 6.45) is 0. The molecule has 0 unspecified atom stereocenters. The van der Waals surface area contributed by atoms with Crippen molar-refractivity contribution in [2.45, 2.75) is 0 Å². The van der Waals surface area contributed by atoms with Gasteiger partial charge in [-0.1, -0.05) is 0 Å². The summed E-state index contributed by atoms with van der Waals surface area (Å²) in [4.78, 5) is 34.0. The standard InChI is InChI=1S/C12H14IN3O4/c1-15-10(17)5-16-11(18)6-20-12(19)8-4-7(13)2-3-9(8)14/h2-4H,5-6,14H2,1H3,(H,15,17)(H,16,18). The van der Waals surface area contributed by atoms with Gasteiger partial charge in [0.15, 0.2) is 6.61 Å². The van der Waals surface area contributed by atoms with Crippen LogP contribution < -0.4 is 16.4 Å². The summed E-state index contributed by atoms with van der Waals surface area (Å²) in [5.74, 6) is -1.59. The fourth-order valence-corrected chi connectivity index (χ4v) is 1.72. The van der Waals surface area contributed by atoms with Gasteiger partial charge in [-0.25, -0.2) is 4.79 Å². The van der Waals surface area contributed by atoms with E-state index in [0.717, 1.165) is 3.57 Å². The van der Waals surface area contributed by atoms with Crippen molar-refractivity contribution in [1.82, 2.24) is 10.6 Å². The van der Waals surface area contributed by atoms with Gasteiger partial charge >= 0.3 is 5.97 Å². The highest BCUT2D eigenvalue weighted by molar-refractivity contribution is 14.1. The van der Waals surface area contributed by atoms with E-state index in [0.29, 0.717) is 0 Å². The predicted octanol–water partition coefficient (Wildman–Crippen LogP) is -0.108. The third-order valence-electron chi connectivity index (χ3n) is 2.29. The third-order valence-corrected chi connectivity index (χ3v) is 2.97. The molecule has 108 valence electrons. The second-order valence-corrected chi connectivity index (χ2v) is 5.00. The Hall–Kier alpha value is -1.84. The van der Waals surface area contributed by atoms with Gasteiger partial charge in [-0.3, -0.25) is 9.59 Å². The molecule has 0 bridgehead atoms. The Morgan fingerprint density at radius 1 is 1.30 bits per heavy atom. The lowest BCUT2D eigenvalue weighted by molar-refractivity contribution is -0.127. The molecule has 1 aromatic carbocycles. The van der Waals surface area contributed by atoms with E-state index in [-0.39, 0.29) is 23.7 Å². The second-order valence-electron chi connectivity index (χ2n) is 3.76. The van der Waals surface area contributed by atoms with Gasteiger partial charge in [-0.2, -0.15) is 0 Å². The van der Waals surface area contributed by atoms with E-state index in [1.165, 1.54) is 7.05 Å². The molecule has 0 atom stereocenters. The van der Waals surface area contributed by atoms with Crippen molar-refractivity contribution in [3.63, 3.8) is 0 Å². The lowest BCUT2D eigenvalue weighted by Crippen LogP contribution is -2.37. The Balaban J connectivity index is 2.49. The summed E-state index contributed by atoms with van der Waals surface area (Å²) in [6.45, 7) is -0.640. The normalized spacial score (nSPS) is 9.70. The predicted molar refractivity (Wildman–Crippen MR) is 80.9 cm³/mol. The summed E-state index contributed by atoms with van der Waals surface area (Å²) >= 11 is 2.03. The number of anilines is 1. The van der Waals surface area contributed by atoms with E-state index in [1.54, 1.807) is 18.2 Å². The molecule has 0 radical (unpaired) electrons. The fourth-order valence-electron chi connectivity index (χ4n) is 1.23. The molecule has 0 aliphatic carbocycles. The number of esters is 1. The first-order valence-corrected chi connectivity index (χ1v) is 6.71. The minimum absolute atomic E-state index is 0.168. The first-order valence-electron chi connectivity index (χ1n) is 5.63. The van der Waals surface area contributed by atoms with Crippen LogP contribution in [0, 0.1) is 3.57 Å². The molecular formula is C12H14IN3O4. The number of rotatable bonds is 5. The zero-order valence-electron chi connectivity index (χ0n) is 10.7. The lowest BCUT2D eigenvalue weighted by atomic mass is 10.2. The maximum Gasteiger partial charge on any atom is 0.340 e. The highest BCUT2D eigenvalue weighted by Crippen LogP contribution is 2.16. The summed E-state index contributed by atoms with van der Waals surface area (Å²) in [5.41, 5.74) is 6.14. The summed E-state index contributed by atoms with van der Waals surface area (Å²) in [5, 5.41) is 4.65. The third kappa shape index (κ3) is 5.03. The fraction of sp³-hybridized carbons (Fsp3) is 0.250. The number of nitrogens with one attached hydrogen (secondary N) is 2. The molecule has 0 saturated heterocycles. The Morgan fingerprint density at radius 2 is 2.00 bits per heavy atom. The van der Waals surface area contributed by atoms with Gasteiger partial charge in [-0.05, 0) is 40.8 Å². The molecule has 4 N–H and O–H groups in total. The molecule has 0 aromatic heterocycles. The van der Waals surface area contributed by atoms with Crippen molar-refractivity contribution in [1.29, 1.82) is 0 Å². The van der Waals surface area contributed by atoms with Crippen LogP contribution in [0.15, 0.2) is 18.2 Å². The zero-order valence-corrected chi connectivity index (χ0v) is 12.9. The molecule has 0 spiro atoms. The van der Waals surface area contributed by atoms with Crippen molar-refractivity contribution in [3.8, 4) is 0 Å². The SMILES string of the molecule is CNC(=O)CNC(=O)COC(=O)c1cc(I)ccc1N. The molecule has 0 saturated carbocycles. The van der Waals surface area contributed by atoms with Crippen LogP contribution >= 0.6 is 22.6 Å². The molecule has 0 heterocycles. The number of hydrogen-bond donors (Lipinski definition) is 3. The van der Waals surface area contributed by atoms with Crippen LogP contribution in [0.25, 0.3) is 0 Å². The van der Waals surface area contributed by atoms with Gasteiger partial charge in [0, 0.05) is 16.3 Å². The van der Waals surface area contributed by atoms with E-state index >= 15 is 0 Å². The average molecular weight is 391 g/mol. The molecule has 8 heteroatoms. The molecule has 0 fully saturated rings. The number of carbonyl (C=O) groups is 3. The molecular weight excluding hydrogens is 377 g/mol. The minimum Gasteiger partial charge on any atom is -0.452 e. The van der Waals surface area contributed by atoms with Gasteiger partial charge < -0.3 is 21.1 Å². The van der Waals surface area contributed by atoms with E-state index in [9.17, 15) is 14.4 Å². The van der Waals surface area contributed by atoms with Gasteiger partial charge in [0.05, 0.1) is 12.1 Å². The molecule has 0 aliphatic heterocycles. The van der Waals surface area contributed by atoms with Crippen molar-refractivity contribution in [2.75, 3.05) is 25.9 Å². The zero-order chi connectivity index (χ0) is 15.1. The number of benzene rings is 1. The number of amides is 2. The van der Waals surface area contributed by atoms with Crippen LogP contribution in [0.1, 0.15) is 10.4 Å². The van der Waals surface area contributed by atoms with Crippen LogP contribution in [0.2, 0.25) is 0 Å². The van der Waals surface area contributed by atoms with Crippen molar-refractivity contribution < 1.29 is 19.1 Å². The molecule has 7 nitrogen and oxygen atoms in total. The van der Waals surface area contributed by atoms with Gasteiger partial charge in [0.2, 0.25) is 5.91 Å². The second kappa shape index (κ2) is 7.68. The number of ether oxygens (including phenoxy) is 1. The van der Waals surface area contributed by atoms with E-state index in [2.05, 4.69) is 10.6 Å². The lowest BCUT2D eigenvalue weighted by Gasteiger charge is -2.08. The summed E-state index contributed by atoms with van der Waals surface area (Å²) in [7, 11) is 1.45. The maximum atomic E-state index is 11.8. The number of halogens is 1. The average Bonchev–Trinajstić information content (AvgIpc) is 2.44. The van der Waals surface area contributed by atoms with Crippen molar-refractivity contribution >= 4 is 46.1 Å². The van der Waals surface area contributed by atoms with Crippen molar-refractivity contribution in [2.24, 2.45) is 0 Å². The molecule has 1 aromatic rings. The highest BCUT2D eigenvalue weighted by Gasteiger charge is 2.14. The monoisotopic (exact) mass is 391 g/mol. The summed E-state index contributed by atoms with van der Waals surface area (Å²) in [6, 6.07) is 4.91. The van der Waals surface area contributed by atoms with Crippen LogP contribution in [-0.2, 0) is 14.3 Å². The Bertz CT molecular complexity index is 533. The minimum atomic E-state index is -0.684. The summed E-state index contributed by atoms with van der Waals surface area (Å²) < 4.78 is 5.65. The number of carbonyl (C=O) groups excluding carboxylic acids is 3. The number of hydrogen-bond acceptors (Lipinski definition) is 5. The Kier molecular flexibility index (Phi) is 6.22. The smallest absolute Gasteiger partial charge is 0.340 e. The first kappa shape index (κ1) is 16.2. The van der Waals surface area contributed by atoms with Gasteiger partial charge in [-0.15, -0.1) is 0 Å².